The summed E-state index contributed by atoms with van der Waals surface area (Å²) in [7, 11) is 0. The number of nitrogens with zero attached hydrogens (tertiary/aromatic N) is 1. The first kappa shape index (κ1) is 24.4. The minimum absolute atomic E-state index is 0.287. The van der Waals surface area contributed by atoms with Crippen LogP contribution in [-0.2, 0) is 0 Å². The number of benzene rings is 3. The van der Waals surface area contributed by atoms with Gasteiger partial charge in [-0.1, -0.05) is 42.5 Å². The van der Waals surface area contributed by atoms with Crippen molar-refractivity contribution in [3.05, 3.63) is 83.4 Å². The second kappa shape index (κ2) is 12.1. The smallest absolute Gasteiger partial charge is 0.343 e. The highest BCUT2D eigenvalue weighted by Crippen LogP contribution is 2.39. The number of carbonyl (C=O) groups excluding carboxylic acids is 1. The number of rotatable bonds is 10. The number of allylic oxidation sites excluding steroid dienone is 1. The molecular weight excluding hydrogens is 430 g/mol. The second-order valence-electron chi connectivity index (χ2n) is 7.10. The van der Waals surface area contributed by atoms with Gasteiger partial charge in [0.25, 0.3) is 0 Å². The topological polar surface area (TPSA) is 77.8 Å². The van der Waals surface area contributed by atoms with Gasteiger partial charge in [-0.05, 0) is 62.2 Å². The third-order valence-electron chi connectivity index (χ3n) is 4.75. The van der Waals surface area contributed by atoms with Gasteiger partial charge in [-0.3, -0.25) is 0 Å². The Labute approximate surface area is 200 Å². The summed E-state index contributed by atoms with van der Waals surface area (Å²) in [5.74, 6) is 1.14. The van der Waals surface area contributed by atoms with Crippen LogP contribution in [0.3, 0.4) is 0 Å². The van der Waals surface area contributed by atoms with Crippen LogP contribution in [0.25, 0.3) is 11.6 Å². The quantitative estimate of drug-likeness (QED) is 0.157. The molecule has 0 spiro atoms. The normalized spacial score (nSPS) is 10.8. The molecule has 0 amide bonds. The van der Waals surface area contributed by atoms with Gasteiger partial charge in [0, 0.05) is 0 Å². The maximum absolute atomic E-state index is 12.9. The molecular formula is C28H27NO5. The number of hydrogen-bond acceptors (Lipinski definition) is 6. The van der Waals surface area contributed by atoms with Gasteiger partial charge in [-0.2, -0.15) is 5.26 Å². The van der Waals surface area contributed by atoms with E-state index in [9.17, 15) is 10.1 Å². The Kier molecular flexibility index (Phi) is 8.70. The maximum Gasteiger partial charge on any atom is 0.343 e. The molecule has 3 aromatic rings. The van der Waals surface area contributed by atoms with E-state index in [2.05, 4.69) is 6.07 Å². The Balaban J connectivity index is 1.81. The van der Waals surface area contributed by atoms with Crippen LogP contribution >= 0.6 is 0 Å². The van der Waals surface area contributed by atoms with Gasteiger partial charge in [0.2, 0.25) is 5.75 Å². The Bertz CT molecular complexity index is 1150. The van der Waals surface area contributed by atoms with Crippen LogP contribution in [0.5, 0.6) is 23.0 Å². The standard InChI is InChI=1S/C28H27NO5/c1-4-31-25-17-22(18-26(32-5-2)27(25)33-6-3)28(30)34-24-14-12-20(13-15-24)16-23(19-29)21-10-8-7-9-11-21/h7-18H,4-6H2,1-3H3/b23-16-. The van der Waals surface area contributed by atoms with Gasteiger partial charge in [0.15, 0.2) is 11.5 Å². The highest BCUT2D eigenvalue weighted by Gasteiger charge is 2.19. The Morgan fingerprint density at radius 2 is 1.41 bits per heavy atom. The van der Waals surface area contributed by atoms with Gasteiger partial charge < -0.3 is 18.9 Å². The Morgan fingerprint density at radius 3 is 1.94 bits per heavy atom. The fraction of sp³-hybridized carbons (Fsp3) is 0.214. The molecule has 0 aliphatic carbocycles. The summed E-state index contributed by atoms with van der Waals surface area (Å²) in [5.41, 5.74) is 2.49. The molecule has 174 valence electrons. The molecule has 0 saturated heterocycles. The lowest BCUT2D eigenvalue weighted by atomic mass is 10.0. The number of carbonyl (C=O) groups is 1. The zero-order chi connectivity index (χ0) is 24.3. The van der Waals surface area contributed by atoms with Crippen molar-refractivity contribution in [2.24, 2.45) is 0 Å². The molecule has 0 aromatic heterocycles. The van der Waals surface area contributed by atoms with Crippen LogP contribution in [0.2, 0.25) is 0 Å². The number of ether oxygens (including phenoxy) is 4. The summed E-state index contributed by atoms with van der Waals surface area (Å²) in [6.07, 6.45) is 1.79. The molecule has 3 rings (SSSR count). The van der Waals surface area contributed by atoms with Crippen LogP contribution in [0, 0.1) is 11.3 Å². The van der Waals surface area contributed by atoms with Crippen LogP contribution in [0.15, 0.2) is 66.7 Å². The molecule has 0 fully saturated rings. The monoisotopic (exact) mass is 457 g/mol. The van der Waals surface area contributed by atoms with Crippen molar-refractivity contribution in [1.82, 2.24) is 0 Å². The lowest BCUT2D eigenvalue weighted by molar-refractivity contribution is 0.0733. The van der Waals surface area contributed by atoms with Crippen molar-refractivity contribution in [3.63, 3.8) is 0 Å². The van der Waals surface area contributed by atoms with Gasteiger partial charge in [-0.25, -0.2) is 4.79 Å². The third kappa shape index (κ3) is 6.17. The fourth-order valence-corrected chi connectivity index (χ4v) is 3.27. The highest BCUT2D eigenvalue weighted by atomic mass is 16.5. The fourth-order valence-electron chi connectivity index (χ4n) is 3.27. The van der Waals surface area contributed by atoms with E-state index in [1.807, 2.05) is 51.1 Å². The average molecular weight is 458 g/mol. The largest absolute Gasteiger partial charge is 0.490 e. The molecule has 0 bridgehead atoms. The first-order chi connectivity index (χ1) is 16.6. The third-order valence-corrected chi connectivity index (χ3v) is 4.75. The molecule has 0 N–H and O–H groups in total. The molecule has 0 saturated carbocycles. The van der Waals surface area contributed by atoms with E-state index >= 15 is 0 Å². The summed E-state index contributed by atoms with van der Waals surface area (Å²) < 4.78 is 22.6. The van der Waals surface area contributed by atoms with E-state index in [0.717, 1.165) is 11.1 Å². The van der Waals surface area contributed by atoms with E-state index in [1.165, 1.54) is 0 Å². The van der Waals surface area contributed by atoms with Crippen molar-refractivity contribution < 1.29 is 23.7 Å². The summed E-state index contributed by atoms with van der Waals surface area (Å²) >= 11 is 0. The molecule has 34 heavy (non-hydrogen) atoms. The zero-order valence-electron chi connectivity index (χ0n) is 19.5. The molecule has 0 heterocycles. The Morgan fingerprint density at radius 1 is 0.824 bits per heavy atom. The van der Waals surface area contributed by atoms with E-state index < -0.39 is 5.97 Å². The minimum Gasteiger partial charge on any atom is -0.490 e. The number of esters is 1. The van der Waals surface area contributed by atoms with E-state index in [-0.39, 0.29) is 5.56 Å². The molecule has 6 heteroatoms. The molecule has 0 aliphatic heterocycles. The zero-order valence-corrected chi connectivity index (χ0v) is 19.5. The summed E-state index contributed by atoms with van der Waals surface area (Å²) in [4.78, 5) is 12.9. The van der Waals surface area contributed by atoms with Crippen LogP contribution < -0.4 is 18.9 Å². The van der Waals surface area contributed by atoms with Crippen molar-refractivity contribution in [2.45, 2.75) is 20.8 Å². The average Bonchev–Trinajstić information content (AvgIpc) is 2.86. The minimum atomic E-state index is -0.546. The number of nitriles is 1. The van der Waals surface area contributed by atoms with Crippen LogP contribution in [0.4, 0.5) is 0 Å². The summed E-state index contributed by atoms with van der Waals surface area (Å²) in [5, 5.41) is 9.50. The van der Waals surface area contributed by atoms with Crippen molar-refractivity contribution in [2.75, 3.05) is 19.8 Å². The second-order valence-corrected chi connectivity index (χ2v) is 7.10. The summed E-state index contributed by atoms with van der Waals surface area (Å²) in [6, 6.07) is 21.8. The van der Waals surface area contributed by atoms with Gasteiger partial charge in [0.1, 0.15) is 5.75 Å². The van der Waals surface area contributed by atoms with Crippen LogP contribution in [-0.4, -0.2) is 25.8 Å². The first-order valence-corrected chi connectivity index (χ1v) is 11.1. The van der Waals surface area contributed by atoms with Gasteiger partial charge >= 0.3 is 5.97 Å². The first-order valence-electron chi connectivity index (χ1n) is 11.1. The van der Waals surface area contributed by atoms with Gasteiger partial charge in [0.05, 0.1) is 37.0 Å². The lowest BCUT2D eigenvalue weighted by Crippen LogP contribution is -2.11. The molecule has 3 aromatic carbocycles. The molecule has 0 aliphatic rings. The molecule has 0 radical (unpaired) electrons. The van der Waals surface area contributed by atoms with Crippen molar-refractivity contribution in [1.29, 1.82) is 5.26 Å². The predicted molar refractivity (Wildman–Crippen MR) is 131 cm³/mol. The SMILES string of the molecule is CCOc1cc(C(=O)Oc2ccc(/C=C(/C#N)c3ccccc3)cc2)cc(OCC)c1OCC. The maximum atomic E-state index is 12.9. The summed E-state index contributed by atoms with van der Waals surface area (Å²) in [6.45, 7) is 6.83. The highest BCUT2D eigenvalue weighted by molar-refractivity contribution is 5.93. The molecule has 0 unspecified atom stereocenters. The van der Waals surface area contributed by atoms with E-state index in [1.54, 1.807) is 42.5 Å². The van der Waals surface area contributed by atoms with Gasteiger partial charge in [-0.15, -0.1) is 0 Å². The van der Waals surface area contributed by atoms with Crippen molar-refractivity contribution >= 4 is 17.6 Å². The van der Waals surface area contributed by atoms with E-state index in [4.69, 9.17) is 18.9 Å². The van der Waals surface area contributed by atoms with Crippen LogP contribution in [0.1, 0.15) is 42.3 Å². The van der Waals surface area contributed by atoms with Crippen molar-refractivity contribution in [3.8, 4) is 29.1 Å². The van der Waals surface area contributed by atoms with E-state index in [0.29, 0.717) is 48.4 Å². The number of hydrogen-bond donors (Lipinski definition) is 0. The molecule has 6 nitrogen and oxygen atoms in total. The predicted octanol–water partition coefficient (Wildman–Crippen LogP) is 6.17. The Hall–Kier alpha value is -4.24. The molecule has 0 atom stereocenters. The lowest BCUT2D eigenvalue weighted by Gasteiger charge is -2.16.